The molecule has 0 saturated heterocycles. The Kier molecular flexibility index (Phi) is 6.01. The summed E-state index contributed by atoms with van der Waals surface area (Å²) in [5.74, 6) is 0. The monoisotopic (exact) mass is 297 g/mol. The SMILES string of the molecule is CCC(C)N(Cc1ccccc1)C(=O)OCc1ccccc1. The zero-order chi connectivity index (χ0) is 15.8. The van der Waals surface area contributed by atoms with Crippen molar-refractivity contribution in [3.63, 3.8) is 0 Å². The summed E-state index contributed by atoms with van der Waals surface area (Å²) in [6.07, 6.45) is 0.634. The molecule has 2 aromatic carbocycles. The highest BCUT2D eigenvalue weighted by Crippen LogP contribution is 2.13. The molecule has 116 valence electrons. The third-order valence-corrected chi connectivity index (χ3v) is 3.76. The molecule has 1 atom stereocenters. The van der Waals surface area contributed by atoms with Crippen molar-refractivity contribution in [2.75, 3.05) is 0 Å². The molecule has 0 aliphatic heterocycles. The molecule has 0 saturated carbocycles. The van der Waals surface area contributed by atoms with Crippen molar-refractivity contribution in [1.29, 1.82) is 0 Å². The van der Waals surface area contributed by atoms with Crippen LogP contribution in [-0.4, -0.2) is 17.0 Å². The number of amides is 1. The van der Waals surface area contributed by atoms with E-state index in [1.807, 2.05) is 67.6 Å². The molecular weight excluding hydrogens is 274 g/mol. The lowest BCUT2D eigenvalue weighted by Crippen LogP contribution is -2.38. The maximum Gasteiger partial charge on any atom is 0.410 e. The van der Waals surface area contributed by atoms with Crippen molar-refractivity contribution in [2.45, 2.75) is 39.5 Å². The van der Waals surface area contributed by atoms with Gasteiger partial charge in [-0.1, -0.05) is 67.6 Å². The van der Waals surface area contributed by atoms with Crippen molar-refractivity contribution < 1.29 is 9.53 Å². The molecule has 0 heterocycles. The van der Waals surface area contributed by atoms with E-state index in [1.165, 1.54) is 0 Å². The van der Waals surface area contributed by atoms with Gasteiger partial charge in [-0.15, -0.1) is 0 Å². The minimum absolute atomic E-state index is 0.142. The summed E-state index contributed by atoms with van der Waals surface area (Å²) >= 11 is 0. The topological polar surface area (TPSA) is 29.5 Å². The molecule has 1 unspecified atom stereocenters. The first-order valence-corrected chi connectivity index (χ1v) is 7.72. The van der Waals surface area contributed by atoms with Gasteiger partial charge in [0.05, 0.1) is 0 Å². The molecule has 2 aromatic rings. The lowest BCUT2D eigenvalue weighted by atomic mass is 10.1. The lowest BCUT2D eigenvalue weighted by molar-refractivity contribution is 0.0792. The van der Waals surface area contributed by atoms with E-state index in [0.29, 0.717) is 13.2 Å². The fourth-order valence-electron chi connectivity index (χ4n) is 2.20. The lowest BCUT2D eigenvalue weighted by Gasteiger charge is -2.28. The molecule has 0 N–H and O–H groups in total. The van der Waals surface area contributed by atoms with Gasteiger partial charge in [-0.3, -0.25) is 0 Å². The van der Waals surface area contributed by atoms with E-state index in [9.17, 15) is 4.79 Å². The van der Waals surface area contributed by atoms with Gasteiger partial charge in [-0.2, -0.15) is 0 Å². The van der Waals surface area contributed by atoms with Gasteiger partial charge in [0.25, 0.3) is 0 Å². The highest BCUT2D eigenvalue weighted by Gasteiger charge is 2.20. The number of hydrogen-bond acceptors (Lipinski definition) is 2. The minimum atomic E-state index is -0.262. The average molecular weight is 297 g/mol. The van der Waals surface area contributed by atoms with Crippen LogP contribution in [0.25, 0.3) is 0 Å². The molecule has 0 bridgehead atoms. The Morgan fingerprint density at radius 1 is 1.00 bits per heavy atom. The van der Waals surface area contributed by atoms with Gasteiger partial charge in [-0.25, -0.2) is 4.79 Å². The van der Waals surface area contributed by atoms with Crippen LogP contribution < -0.4 is 0 Å². The Morgan fingerprint density at radius 3 is 2.09 bits per heavy atom. The predicted molar refractivity (Wildman–Crippen MR) is 88.4 cm³/mol. The number of hydrogen-bond donors (Lipinski definition) is 0. The quantitative estimate of drug-likeness (QED) is 0.778. The first-order chi connectivity index (χ1) is 10.7. The summed E-state index contributed by atoms with van der Waals surface area (Å²) < 4.78 is 5.47. The van der Waals surface area contributed by atoms with E-state index < -0.39 is 0 Å². The highest BCUT2D eigenvalue weighted by atomic mass is 16.6. The summed E-state index contributed by atoms with van der Waals surface area (Å²) in [5, 5.41) is 0. The van der Waals surface area contributed by atoms with Crippen LogP contribution in [0, 0.1) is 0 Å². The molecule has 0 radical (unpaired) electrons. The zero-order valence-electron chi connectivity index (χ0n) is 13.2. The van der Waals surface area contributed by atoms with Gasteiger partial charge >= 0.3 is 6.09 Å². The summed E-state index contributed by atoms with van der Waals surface area (Å²) in [5.41, 5.74) is 2.11. The average Bonchev–Trinajstić information content (AvgIpc) is 2.58. The maximum atomic E-state index is 12.4. The van der Waals surface area contributed by atoms with E-state index in [4.69, 9.17) is 4.74 Å². The molecule has 0 aliphatic rings. The minimum Gasteiger partial charge on any atom is -0.445 e. The van der Waals surface area contributed by atoms with E-state index in [2.05, 4.69) is 6.92 Å². The molecular formula is C19H23NO2. The molecule has 0 aliphatic carbocycles. The standard InChI is InChI=1S/C19H23NO2/c1-3-16(2)20(14-17-10-6-4-7-11-17)19(21)22-15-18-12-8-5-9-13-18/h4-13,16H,3,14-15H2,1-2H3. The van der Waals surface area contributed by atoms with Crippen LogP contribution in [0.2, 0.25) is 0 Å². The van der Waals surface area contributed by atoms with Gasteiger partial charge in [0.2, 0.25) is 0 Å². The molecule has 0 spiro atoms. The molecule has 22 heavy (non-hydrogen) atoms. The van der Waals surface area contributed by atoms with Crippen LogP contribution in [0.1, 0.15) is 31.4 Å². The molecule has 1 amide bonds. The van der Waals surface area contributed by atoms with Gasteiger partial charge in [0.1, 0.15) is 6.61 Å². The van der Waals surface area contributed by atoms with Crippen molar-refractivity contribution >= 4 is 6.09 Å². The number of benzene rings is 2. The molecule has 3 heteroatoms. The van der Waals surface area contributed by atoms with Crippen LogP contribution in [-0.2, 0) is 17.9 Å². The Hall–Kier alpha value is -2.29. The maximum absolute atomic E-state index is 12.4. The summed E-state index contributed by atoms with van der Waals surface area (Å²) in [4.78, 5) is 14.2. The van der Waals surface area contributed by atoms with E-state index in [0.717, 1.165) is 17.5 Å². The largest absolute Gasteiger partial charge is 0.445 e. The Bertz CT molecular complexity index is 569. The summed E-state index contributed by atoms with van der Waals surface area (Å²) in [6, 6.07) is 19.9. The second kappa shape index (κ2) is 8.23. The van der Waals surface area contributed by atoms with Crippen LogP contribution in [0.4, 0.5) is 4.79 Å². The van der Waals surface area contributed by atoms with Crippen LogP contribution in [0.15, 0.2) is 60.7 Å². The molecule has 0 aromatic heterocycles. The molecule has 2 rings (SSSR count). The van der Waals surface area contributed by atoms with Crippen molar-refractivity contribution in [3.05, 3.63) is 71.8 Å². The predicted octanol–water partition coefficient (Wildman–Crippen LogP) is 4.62. The smallest absolute Gasteiger partial charge is 0.410 e. The van der Waals surface area contributed by atoms with Crippen LogP contribution >= 0.6 is 0 Å². The number of carbonyl (C=O) groups is 1. The van der Waals surface area contributed by atoms with Crippen molar-refractivity contribution in [1.82, 2.24) is 4.90 Å². The number of ether oxygens (including phenoxy) is 1. The summed E-state index contributed by atoms with van der Waals surface area (Å²) in [6.45, 7) is 5.00. The third-order valence-electron chi connectivity index (χ3n) is 3.76. The third kappa shape index (κ3) is 4.62. The van der Waals surface area contributed by atoms with E-state index in [-0.39, 0.29) is 12.1 Å². The van der Waals surface area contributed by atoms with E-state index in [1.54, 1.807) is 4.90 Å². The van der Waals surface area contributed by atoms with Crippen molar-refractivity contribution in [3.8, 4) is 0 Å². The summed E-state index contributed by atoms with van der Waals surface area (Å²) in [7, 11) is 0. The van der Waals surface area contributed by atoms with Gasteiger partial charge in [0, 0.05) is 12.6 Å². The number of nitrogens with zero attached hydrogens (tertiary/aromatic N) is 1. The number of rotatable bonds is 6. The second-order valence-electron chi connectivity index (χ2n) is 5.41. The Labute approximate surface area is 132 Å². The van der Waals surface area contributed by atoms with Gasteiger partial charge < -0.3 is 9.64 Å². The Morgan fingerprint density at radius 2 is 1.55 bits per heavy atom. The van der Waals surface area contributed by atoms with Crippen LogP contribution in [0.3, 0.4) is 0 Å². The first kappa shape index (κ1) is 16.1. The van der Waals surface area contributed by atoms with Gasteiger partial charge in [0.15, 0.2) is 0 Å². The molecule has 0 fully saturated rings. The number of carbonyl (C=O) groups excluding carboxylic acids is 1. The Balaban J connectivity index is 2.00. The van der Waals surface area contributed by atoms with Crippen LogP contribution in [0.5, 0.6) is 0 Å². The fraction of sp³-hybridized carbons (Fsp3) is 0.316. The first-order valence-electron chi connectivity index (χ1n) is 7.72. The zero-order valence-corrected chi connectivity index (χ0v) is 13.2. The normalized spacial score (nSPS) is 11.7. The second-order valence-corrected chi connectivity index (χ2v) is 5.41. The van der Waals surface area contributed by atoms with Gasteiger partial charge in [-0.05, 0) is 24.5 Å². The van der Waals surface area contributed by atoms with Crippen molar-refractivity contribution in [2.24, 2.45) is 0 Å². The fourth-order valence-corrected chi connectivity index (χ4v) is 2.20. The van der Waals surface area contributed by atoms with E-state index >= 15 is 0 Å². The highest BCUT2D eigenvalue weighted by molar-refractivity contribution is 5.68. The molecule has 3 nitrogen and oxygen atoms in total.